The van der Waals surface area contributed by atoms with Crippen LogP contribution >= 0.6 is 0 Å². The molecule has 0 aromatic heterocycles. The second kappa shape index (κ2) is 4.11. The Balaban J connectivity index is 3.17. The quantitative estimate of drug-likeness (QED) is 0.273. The van der Waals surface area contributed by atoms with Crippen molar-refractivity contribution in [1.82, 2.24) is 0 Å². The van der Waals surface area contributed by atoms with Crippen molar-refractivity contribution in [2.75, 3.05) is 0 Å². The average Bonchev–Trinajstić information content (AvgIpc) is 1.68. The van der Waals surface area contributed by atoms with Gasteiger partial charge in [-0.25, -0.2) is 0 Å². The van der Waals surface area contributed by atoms with Gasteiger partial charge in [0.05, 0.1) is 0 Å². The Bertz CT molecular complexity index is 79.8. The van der Waals surface area contributed by atoms with E-state index >= 15 is 0 Å². The van der Waals surface area contributed by atoms with Crippen LogP contribution in [0.2, 0.25) is 5.09 Å². The van der Waals surface area contributed by atoms with Crippen LogP contribution in [0.4, 0.5) is 0 Å². The molecule has 0 radical (unpaired) electrons. The fourth-order valence-electron chi connectivity index (χ4n) is 0.305. The number of Topliss-reactive ketones (excluding diaryl/α,β-unsaturated/α-hetero) is 1. The molecule has 7 heavy (non-hydrogen) atoms. The SMILES string of the molecule is [Li][CH2]CC(=O)C=O. The van der Waals surface area contributed by atoms with E-state index in [0.717, 1.165) is 5.09 Å². The number of aldehydes is 1. The zero-order valence-corrected chi connectivity index (χ0v) is 4.31. The molecule has 2 nitrogen and oxygen atoms in total. The van der Waals surface area contributed by atoms with Crippen LogP contribution in [-0.2, 0) is 9.59 Å². The summed E-state index contributed by atoms with van der Waals surface area (Å²) < 4.78 is 0. The number of rotatable bonds is 3. The van der Waals surface area contributed by atoms with Crippen LogP contribution in [0.15, 0.2) is 0 Å². The Hall–Kier alpha value is -0.0626. The van der Waals surface area contributed by atoms with Crippen molar-refractivity contribution in [3.05, 3.63) is 0 Å². The predicted molar refractivity (Wildman–Crippen MR) is 26.2 cm³/mol. The summed E-state index contributed by atoms with van der Waals surface area (Å²) in [4.78, 5) is 19.6. The van der Waals surface area contributed by atoms with Gasteiger partial charge in [0.2, 0.25) is 0 Å². The summed E-state index contributed by atoms with van der Waals surface area (Å²) in [5, 5.41) is 0.761. The van der Waals surface area contributed by atoms with Crippen LogP contribution in [0.5, 0.6) is 0 Å². The van der Waals surface area contributed by atoms with Crippen LogP contribution in [-0.4, -0.2) is 29.8 Å². The van der Waals surface area contributed by atoms with Crippen molar-refractivity contribution in [2.24, 2.45) is 0 Å². The summed E-state index contributed by atoms with van der Waals surface area (Å²) in [5.74, 6) is -0.303. The first-order chi connectivity index (χ1) is 3.31. The number of ketones is 1. The molecule has 0 spiro atoms. The van der Waals surface area contributed by atoms with Crippen LogP contribution < -0.4 is 0 Å². The van der Waals surface area contributed by atoms with Crippen molar-refractivity contribution in [3.63, 3.8) is 0 Å². The van der Waals surface area contributed by atoms with Gasteiger partial charge in [0.1, 0.15) is 0 Å². The van der Waals surface area contributed by atoms with E-state index in [-0.39, 0.29) is 5.78 Å². The molecule has 0 saturated heterocycles. The maximum absolute atomic E-state index is 10.0. The molecule has 0 unspecified atom stereocenters. The first-order valence-corrected chi connectivity index (χ1v) is 2.29. The molecule has 34 valence electrons. The molecule has 0 N–H and O–H groups in total. The molecule has 0 heterocycles. The van der Waals surface area contributed by atoms with E-state index in [1.54, 1.807) is 0 Å². The van der Waals surface area contributed by atoms with Crippen LogP contribution in [0.1, 0.15) is 6.42 Å². The Morgan fingerprint density at radius 3 is 2.43 bits per heavy atom. The van der Waals surface area contributed by atoms with Gasteiger partial charge in [0, 0.05) is 0 Å². The van der Waals surface area contributed by atoms with E-state index in [0.29, 0.717) is 12.7 Å². The molecule has 0 aliphatic heterocycles. The van der Waals surface area contributed by atoms with Crippen LogP contribution in [0.3, 0.4) is 0 Å². The van der Waals surface area contributed by atoms with E-state index in [1.807, 2.05) is 17.7 Å². The monoisotopic (exact) mass is 92.0 g/mol. The van der Waals surface area contributed by atoms with Crippen molar-refractivity contribution < 1.29 is 9.59 Å². The molecular weight excluding hydrogens is 87.0 g/mol. The molecule has 0 fully saturated rings. The van der Waals surface area contributed by atoms with Gasteiger partial charge < -0.3 is 0 Å². The third-order valence-corrected chi connectivity index (χ3v) is 0.628. The van der Waals surface area contributed by atoms with Gasteiger partial charge in [-0.05, 0) is 0 Å². The molecule has 0 aromatic rings. The zero-order chi connectivity index (χ0) is 5.70. The molecule has 0 atom stereocenters. The Morgan fingerprint density at radius 2 is 2.29 bits per heavy atom. The average molecular weight is 92.0 g/mol. The Kier molecular flexibility index (Phi) is 4.07. The standard InChI is InChI=1S/C4H5O2.Li/c1-2-4(6)3-5;/h3H,1-2H2;. The number of carbonyl (C=O) groups excluding carboxylic acids is 2. The van der Waals surface area contributed by atoms with Crippen molar-refractivity contribution >= 4 is 29.8 Å². The summed E-state index contributed by atoms with van der Waals surface area (Å²) >= 11 is 1.86. The summed E-state index contributed by atoms with van der Waals surface area (Å²) in [6.07, 6.45) is 0.757. The minimum absolute atomic E-state index is 0.303. The molecule has 0 aliphatic rings. The second-order valence-electron chi connectivity index (χ2n) is 1.33. The van der Waals surface area contributed by atoms with Gasteiger partial charge >= 0.3 is 50.9 Å². The normalized spacial score (nSPS) is 8.29. The van der Waals surface area contributed by atoms with Crippen molar-refractivity contribution in [1.29, 1.82) is 0 Å². The topological polar surface area (TPSA) is 34.1 Å². The first-order valence-electron chi connectivity index (χ1n) is 2.29. The molecule has 0 rings (SSSR count). The fourth-order valence-corrected chi connectivity index (χ4v) is 0.305. The third kappa shape index (κ3) is 3.78. The van der Waals surface area contributed by atoms with E-state index in [9.17, 15) is 9.59 Å². The van der Waals surface area contributed by atoms with Crippen LogP contribution in [0, 0.1) is 0 Å². The first kappa shape index (κ1) is 6.94. The Morgan fingerprint density at radius 1 is 1.71 bits per heavy atom. The molecule has 0 amide bonds. The molecular formula is C4H5LiO2. The third-order valence-electron chi connectivity index (χ3n) is 0.628. The van der Waals surface area contributed by atoms with Crippen LogP contribution in [0.25, 0.3) is 0 Å². The predicted octanol–water partition coefficient (Wildman–Crippen LogP) is -0.269. The molecule has 3 heteroatoms. The number of hydrogen-bond acceptors (Lipinski definition) is 2. The fraction of sp³-hybridized carbons (Fsp3) is 0.500. The van der Waals surface area contributed by atoms with Crippen molar-refractivity contribution in [3.8, 4) is 0 Å². The Labute approximate surface area is 51.5 Å². The van der Waals surface area contributed by atoms with Gasteiger partial charge in [0.15, 0.2) is 0 Å². The summed E-state index contributed by atoms with van der Waals surface area (Å²) in [7, 11) is 0. The number of hydrogen-bond donors (Lipinski definition) is 0. The summed E-state index contributed by atoms with van der Waals surface area (Å²) in [5.41, 5.74) is 0. The van der Waals surface area contributed by atoms with E-state index in [4.69, 9.17) is 0 Å². The van der Waals surface area contributed by atoms with Crippen molar-refractivity contribution in [2.45, 2.75) is 11.5 Å². The van der Waals surface area contributed by atoms with E-state index < -0.39 is 0 Å². The van der Waals surface area contributed by atoms with Gasteiger partial charge in [0.25, 0.3) is 0 Å². The molecule has 0 bridgehead atoms. The van der Waals surface area contributed by atoms with Gasteiger partial charge in [-0.3, -0.25) is 0 Å². The van der Waals surface area contributed by atoms with Gasteiger partial charge in [-0.2, -0.15) is 0 Å². The zero-order valence-electron chi connectivity index (χ0n) is 4.31. The molecule has 0 aliphatic carbocycles. The van der Waals surface area contributed by atoms with E-state index in [1.165, 1.54) is 0 Å². The summed E-state index contributed by atoms with van der Waals surface area (Å²) in [6, 6.07) is 0. The minimum atomic E-state index is -0.303. The molecule has 0 aromatic carbocycles. The molecule has 0 saturated carbocycles. The number of carbonyl (C=O) groups is 2. The van der Waals surface area contributed by atoms with Gasteiger partial charge in [-0.15, -0.1) is 0 Å². The van der Waals surface area contributed by atoms with E-state index in [2.05, 4.69) is 0 Å². The van der Waals surface area contributed by atoms with Gasteiger partial charge in [-0.1, -0.05) is 0 Å². The summed E-state index contributed by atoms with van der Waals surface area (Å²) in [6.45, 7) is 0. The maximum atomic E-state index is 10.0. The second-order valence-corrected chi connectivity index (χ2v) is 1.33.